The molecule has 0 radical (unpaired) electrons. The monoisotopic (exact) mass is 302 g/mol. The fraction of sp³-hybridized carbons (Fsp3) is 0.0526. The molecule has 4 aromatic rings. The first-order valence-electron chi connectivity index (χ1n) is 7.24. The van der Waals surface area contributed by atoms with Crippen molar-refractivity contribution in [3.63, 3.8) is 0 Å². The van der Waals surface area contributed by atoms with E-state index in [1.54, 1.807) is 6.07 Å². The molecule has 23 heavy (non-hydrogen) atoms. The Morgan fingerprint density at radius 3 is 2.70 bits per heavy atom. The molecule has 2 aromatic carbocycles. The van der Waals surface area contributed by atoms with E-state index in [1.165, 1.54) is 6.07 Å². The molecular weight excluding hydrogens is 290 g/mol. The molecule has 0 amide bonds. The number of benzene rings is 2. The van der Waals surface area contributed by atoms with Crippen LogP contribution in [0.4, 0.5) is 0 Å². The zero-order chi connectivity index (χ0) is 16.0. The van der Waals surface area contributed by atoms with Crippen LogP contribution in [0.25, 0.3) is 33.3 Å². The second-order valence-electron chi connectivity index (χ2n) is 5.46. The lowest BCUT2D eigenvalue weighted by Crippen LogP contribution is -2.22. The van der Waals surface area contributed by atoms with Gasteiger partial charge in [0.15, 0.2) is 5.76 Å². The van der Waals surface area contributed by atoms with E-state index in [1.807, 2.05) is 49.4 Å². The summed E-state index contributed by atoms with van der Waals surface area (Å²) < 4.78 is 5.80. The predicted molar refractivity (Wildman–Crippen MR) is 86.0 cm³/mol. The van der Waals surface area contributed by atoms with Gasteiger partial charge in [0, 0.05) is 16.3 Å². The fourth-order valence-corrected chi connectivity index (χ4v) is 2.80. The van der Waals surface area contributed by atoms with Crippen molar-refractivity contribution in [1.29, 1.82) is 0 Å². The summed E-state index contributed by atoms with van der Waals surface area (Å²) >= 11 is 0. The maximum atomic E-state index is 11.5. The Kier molecular flexibility index (Phi) is 2.91. The maximum absolute atomic E-state index is 11.5. The molecule has 0 saturated heterocycles. The molecule has 4 nitrogen and oxygen atoms in total. The van der Waals surface area contributed by atoms with Crippen LogP contribution in [0.5, 0.6) is 0 Å². The summed E-state index contributed by atoms with van der Waals surface area (Å²) in [6, 6.07) is 16.4. The minimum absolute atomic E-state index is 0.120. The molecule has 0 N–H and O–H groups in total. The molecule has 0 aliphatic rings. The lowest BCUT2D eigenvalue weighted by atomic mass is 10.0. The number of hydrogen-bond donors (Lipinski definition) is 0. The van der Waals surface area contributed by atoms with Gasteiger partial charge in [0.2, 0.25) is 0 Å². The standard InChI is InChI=1S/C19H13NO3/c1-11-5-4-7-13-14(19(21)22)10-15(20-18(11)13)17-9-12-6-2-3-8-16(12)23-17/h2-10H,1H3,(H,21,22)/p-1. The van der Waals surface area contributed by atoms with Gasteiger partial charge in [-0.2, -0.15) is 0 Å². The van der Waals surface area contributed by atoms with Gasteiger partial charge in [-0.25, -0.2) is 4.98 Å². The van der Waals surface area contributed by atoms with Crippen molar-refractivity contribution in [3.05, 3.63) is 65.7 Å². The fourth-order valence-electron chi connectivity index (χ4n) is 2.80. The quantitative estimate of drug-likeness (QED) is 0.569. The van der Waals surface area contributed by atoms with Gasteiger partial charge in [0.05, 0.1) is 11.5 Å². The third-order valence-electron chi connectivity index (χ3n) is 3.94. The van der Waals surface area contributed by atoms with Crippen molar-refractivity contribution in [1.82, 2.24) is 4.98 Å². The van der Waals surface area contributed by atoms with E-state index in [0.29, 0.717) is 22.4 Å². The minimum atomic E-state index is -1.22. The number of para-hydroxylation sites is 2. The van der Waals surface area contributed by atoms with E-state index >= 15 is 0 Å². The zero-order valence-corrected chi connectivity index (χ0v) is 12.4. The van der Waals surface area contributed by atoms with Crippen LogP contribution < -0.4 is 5.11 Å². The van der Waals surface area contributed by atoms with Crippen molar-refractivity contribution in [3.8, 4) is 11.5 Å². The molecule has 2 heterocycles. The first kappa shape index (κ1) is 13.5. The van der Waals surface area contributed by atoms with Crippen LogP contribution in [-0.4, -0.2) is 11.0 Å². The number of aromatic nitrogens is 1. The second-order valence-corrected chi connectivity index (χ2v) is 5.46. The first-order valence-corrected chi connectivity index (χ1v) is 7.24. The number of aromatic carboxylic acids is 1. The van der Waals surface area contributed by atoms with E-state index < -0.39 is 5.97 Å². The first-order chi connectivity index (χ1) is 11.1. The second kappa shape index (κ2) is 4.95. The van der Waals surface area contributed by atoms with E-state index in [9.17, 15) is 9.90 Å². The number of furan rings is 1. The summed E-state index contributed by atoms with van der Waals surface area (Å²) in [7, 11) is 0. The van der Waals surface area contributed by atoms with E-state index in [2.05, 4.69) is 4.98 Å². The molecular formula is C19H12NO3-. The lowest BCUT2D eigenvalue weighted by Gasteiger charge is -2.10. The topological polar surface area (TPSA) is 66.2 Å². The number of carboxylic acids is 1. The van der Waals surface area contributed by atoms with Crippen LogP contribution in [0.1, 0.15) is 15.9 Å². The smallest absolute Gasteiger partial charge is 0.153 e. The summed E-state index contributed by atoms with van der Waals surface area (Å²) in [4.78, 5) is 16.1. The van der Waals surface area contributed by atoms with Crippen LogP contribution in [0.3, 0.4) is 0 Å². The number of carbonyl (C=O) groups excluding carboxylic acids is 1. The highest BCUT2D eigenvalue weighted by atomic mass is 16.4. The number of hydrogen-bond acceptors (Lipinski definition) is 4. The number of pyridine rings is 1. The number of carbonyl (C=O) groups is 1. The lowest BCUT2D eigenvalue weighted by molar-refractivity contribution is -0.254. The van der Waals surface area contributed by atoms with Crippen molar-refractivity contribution in [2.45, 2.75) is 6.92 Å². The number of rotatable bonds is 2. The summed E-state index contributed by atoms with van der Waals surface area (Å²) in [5.41, 5.74) is 2.90. The van der Waals surface area contributed by atoms with E-state index in [0.717, 1.165) is 16.5 Å². The Labute approximate surface area is 132 Å². The van der Waals surface area contributed by atoms with Gasteiger partial charge in [-0.05, 0) is 30.7 Å². The van der Waals surface area contributed by atoms with Gasteiger partial charge in [-0.15, -0.1) is 0 Å². The van der Waals surface area contributed by atoms with Gasteiger partial charge < -0.3 is 14.3 Å². The normalized spacial score (nSPS) is 11.2. The van der Waals surface area contributed by atoms with Crippen molar-refractivity contribution in [2.24, 2.45) is 0 Å². The Morgan fingerprint density at radius 2 is 1.91 bits per heavy atom. The molecule has 0 atom stereocenters. The molecule has 0 aliphatic carbocycles. The molecule has 4 rings (SSSR count). The van der Waals surface area contributed by atoms with Crippen LogP contribution in [0.2, 0.25) is 0 Å². The van der Waals surface area contributed by atoms with Crippen molar-refractivity contribution in [2.75, 3.05) is 0 Å². The largest absolute Gasteiger partial charge is 0.545 e. The van der Waals surface area contributed by atoms with Gasteiger partial charge in [0.1, 0.15) is 11.3 Å². The van der Waals surface area contributed by atoms with E-state index in [4.69, 9.17) is 4.42 Å². The molecule has 112 valence electrons. The Bertz CT molecular complexity index is 1030. The summed E-state index contributed by atoms with van der Waals surface area (Å²) in [5, 5.41) is 13.0. The Morgan fingerprint density at radius 1 is 1.09 bits per heavy atom. The molecule has 0 fully saturated rings. The van der Waals surface area contributed by atoms with Gasteiger partial charge in [-0.3, -0.25) is 0 Å². The van der Waals surface area contributed by atoms with Gasteiger partial charge in [-0.1, -0.05) is 36.4 Å². The average Bonchev–Trinajstić information content (AvgIpc) is 2.98. The number of nitrogens with zero attached hydrogens (tertiary/aromatic N) is 1. The van der Waals surface area contributed by atoms with Crippen LogP contribution >= 0.6 is 0 Å². The van der Waals surface area contributed by atoms with Crippen molar-refractivity contribution >= 4 is 27.8 Å². The number of aryl methyl sites for hydroxylation is 1. The SMILES string of the molecule is Cc1cccc2c(C(=O)[O-])cc(-c3cc4ccccc4o3)nc12. The average molecular weight is 302 g/mol. The number of carboxylic acid groups (broad SMARTS) is 1. The van der Waals surface area contributed by atoms with Crippen LogP contribution in [0, 0.1) is 6.92 Å². The predicted octanol–water partition coefficient (Wildman–Crippen LogP) is 3.32. The molecule has 0 aliphatic heterocycles. The molecule has 0 bridgehead atoms. The third kappa shape index (κ3) is 2.16. The van der Waals surface area contributed by atoms with E-state index in [-0.39, 0.29) is 5.56 Å². The molecule has 2 aromatic heterocycles. The highest BCUT2D eigenvalue weighted by molar-refractivity contribution is 6.03. The maximum Gasteiger partial charge on any atom is 0.153 e. The van der Waals surface area contributed by atoms with Gasteiger partial charge >= 0.3 is 0 Å². The zero-order valence-electron chi connectivity index (χ0n) is 12.4. The van der Waals surface area contributed by atoms with Crippen LogP contribution in [0.15, 0.2) is 59.0 Å². The summed E-state index contributed by atoms with van der Waals surface area (Å²) in [5.74, 6) is -0.681. The summed E-state index contributed by atoms with van der Waals surface area (Å²) in [6.07, 6.45) is 0. The number of fused-ring (bicyclic) bond motifs is 2. The molecule has 0 spiro atoms. The molecule has 0 unspecified atom stereocenters. The highest BCUT2D eigenvalue weighted by Gasteiger charge is 2.13. The van der Waals surface area contributed by atoms with Crippen LogP contribution in [-0.2, 0) is 0 Å². The molecule has 4 heteroatoms. The Hall–Kier alpha value is -3.14. The van der Waals surface area contributed by atoms with Gasteiger partial charge in [0.25, 0.3) is 0 Å². The third-order valence-corrected chi connectivity index (χ3v) is 3.94. The Balaban J connectivity index is 2.03. The summed E-state index contributed by atoms with van der Waals surface area (Å²) in [6.45, 7) is 1.90. The van der Waals surface area contributed by atoms with Crippen molar-refractivity contribution < 1.29 is 14.3 Å². The molecule has 0 saturated carbocycles. The minimum Gasteiger partial charge on any atom is -0.545 e. The highest BCUT2D eigenvalue weighted by Crippen LogP contribution is 2.30.